The summed E-state index contributed by atoms with van der Waals surface area (Å²) in [7, 11) is 0. The summed E-state index contributed by atoms with van der Waals surface area (Å²) in [4.78, 5) is 0. The number of nitrogens with one attached hydrogen (secondary N) is 1. The first-order valence-electron chi connectivity index (χ1n) is 7.94. The number of para-hydroxylation sites is 2. The van der Waals surface area contributed by atoms with E-state index in [-0.39, 0.29) is 0 Å². The van der Waals surface area contributed by atoms with Crippen molar-refractivity contribution in [1.82, 2.24) is 0 Å². The van der Waals surface area contributed by atoms with Crippen LogP contribution in [0.3, 0.4) is 0 Å². The van der Waals surface area contributed by atoms with E-state index in [4.69, 9.17) is 9.47 Å². The van der Waals surface area contributed by atoms with Crippen molar-refractivity contribution in [2.45, 2.75) is 26.7 Å². The highest BCUT2D eigenvalue weighted by atomic mass is 16.5. The first-order valence-corrected chi connectivity index (χ1v) is 7.94. The van der Waals surface area contributed by atoms with Crippen molar-refractivity contribution >= 4 is 5.69 Å². The highest BCUT2D eigenvalue weighted by molar-refractivity contribution is 5.56. The molecular weight excluding hydrogens is 274 g/mol. The third-order valence-electron chi connectivity index (χ3n) is 3.33. The van der Waals surface area contributed by atoms with Gasteiger partial charge in [-0.1, -0.05) is 24.3 Å². The second-order valence-corrected chi connectivity index (χ2v) is 5.23. The Labute approximate surface area is 133 Å². The Morgan fingerprint density at radius 2 is 1.82 bits per heavy atom. The van der Waals surface area contributed by atoms with Gasteiger partial charge in [0.25, 0.3) is 0 Å². The van der Waals surface area contributed by atoms with Crippen LogP contribution in [0.15, 0.2) is 48.5 Å². The maximum Gasteiger partial charge on any atom is 0.142 e. The van der Waals surface area contributed by atoms with Crippen molar-refractivity contribution in [3.05, 3.63) is 54.1 Å². The van der Waals surface area contributed by atoms with E-state index in [0.29, 0.717) is 6.61 Å². The molecule has 0 saturated heterocycles. The van der Waals surface area contributed by atoms with Crippen LogP contribution in [0.4, 0.5) is 5.69 Å². The summed E-state index contributed by atoms with van der Waals surface area (Å²) >= 11 is 0. The van der Waals surface area contributed by atoms with E-state index in [0.717, 1.165) is 43.2 Å². The standard InChI is InChI=1S/C19H25NO2/c1-3-21-19-12-5-4-11-18(19)20-13-6-7-14-22-17-10-8-9-16(2)15-17/h4-5,8-12,15,20H,3,6-7,13-14H2,1-2H3. The van der Waals surface area contributed by atoms with Crippen molar-refractivity contribution in [2.24, 2.45) is 0 Å². The highest BCUT2D eigenvalue weighted by Crippen LogP contribution is 2.23. The van der Waals surface area contributed by atoms with E-state index in [1.165, 1.54) is 5.56 Å². The Kier molecular flexibility index (Phi) is 6.62. The predicted octanol–water partition coefficient (Wildman–Crippen LogP) is 4.66. The summed E-state index contributed by atoms with van der Waals surface area (Å²) < 4.78 is 11.3. The van der Waals surface area contributed by atoms with Gasteiger partial charge in [-0.05, 0) is 56.5 Å². The molecule has 2 aromatic rings. The van der Waals surface area contributed by atoms with E-state index in [2.05, 4.69) is 24.4 Å². The smallest absolute Gasteiger partial charge is 0.142 e. The lowest BCUT2D eigenvalue weighted by Crippen LogP contribution is -2.06. The molecule has 0 aliphatic carbocycles. The summed E-state index contributed by atoms with van der Waals surface area (Å²) in [6.45, 7) is 6.43. The van der Waals surface area contributed by atoms with Gasteiger partial charge in [0, 0.05) is 6.54 Å². The molecule has 0 amide bonds. The minimum absolute atomic E-state index is 0.684. The van der Waals surface area contributed by atoms with E-state index >= 15 is 0 Å². The number of benzene rings is 2. The fourth-order valence-corrected chi connectivity index (χ4v) is 2.24. The maximum absolute atomic E-state index is 5.75. The SMILES string of the molecule is CCOc1ccccc1NCCCCOc1cccc(C)c1. The predicted molar refractivity (Wildman–Crippen MR) is 92.0 cm³/mol. The average molecular weight is 299 g/mol. The van der Waals surface area contributed by atoms with Crippen LogP contribution < -0.4 is 14.8 Å². The minimum atomic E-state index is 0.684. The molecule has 0 spiro atoms. The van der Waals surface area contributed by atoms with E-state index < -0.39 is 0 Å². The molecular formula is C19H25NO2. The van der Waals surface area contributed by atoms with Gasteiger partial charge < -0.3 is 14.8 Å². The fraction of sp³-hybridized carbons (Fsp3) is 0.368. The second-order valence-electron chi connectivity index (χ2n) is 5.23. The summed E-state index contributed by atoms with van der Waals surface area (Å²) in [5.41, 5.74) is 2.29. The number of hydrogen-bond donors (Lipinski definition) is 1. The molecule has 1 N–H and O–H groups in total. The van der Waals surface area contributed by atoms with Crippen molar-refractivity contribution < 1.29 is 9.47 Å². The topological polar surface area (TPSA) is 30.5 Å². The van der Waals surface area contributed by atoms with E-state index in [1.54, 1.807) is 0 Å². The summed E-state index contributed by atoms with van der Waals surface area (Å²) in [6.07, 6.45) is 2.09. The highest BCUT2D eigenvalue weighted by Gasteiger charge is 2.01. The van der Waals surface area contributed by atoms with Crippen molar-refractivity contribution in [2.75, 3.05) is 25.1 Å². The third-order valence-corrected chi connectivity index (χ3v) is 3.33. The fourth-order valence-electron chi connectivity index (χ4n) is 2.24. The Morgan fingerprint density at radius 1 is 0.955 bits per heavy atom. The molecule has 0 heterocycles. The molecule has 0 aromatic heterocycles. The van der Waals surface area contributed by atoms with Crippen LogP contribution in [0, 0.1) is 6.92 Å². The number of anilines is 1. The minimum Gasteiger partial charge on any atom is -0.494 e. The molecule has 0 unspecified atom stereocenters. The van der Waals surface area contributed by atoms with Crippen molar-refractivity contribution in [3.63, 3.8) is 0 Å². The average Bonchev–Trinajstić information content (AvgIpc) is 2.52. The quantitative estimate of drug-likeness (QED) is 0.683. The maximum atomic E-state index is 5.75. The van der Waals surface area contributed by atoms with Crippen LogP contribution in [0.2, 0.25) is 0 Å². The Hall–Kier alpha value is -2.16. The van der Waals surface area contributed by atoms with Gasteiger partial charge in [-0.25, -0.2) is 0 Å². The van der Waals surface area contributed by atoms with Crippen LogP contribution in [0.5, 0.6) is 11.5 Å². The van der Waals surface area contributed by atoms with Gasteiger partial charge in [0.2, 0.25) is 0 Å². The molecule has 0 saturated carbocycles. The lowest BCUT2D eigenvalue weighted by Gasteiger charge is -2.12. The molecule has 0 fully saturated rings. The molecule has 22 heavy (non-hydrogen) atoms. The van der Waals surface area contributed by atoms with Gasteiger partial charge in [-0.2, -0.15) is 0 Å². The van der Waals surface area contributed by atoms with Gasteiger partial charge in [0.1, 0.15) is 11.5 Å². The Morgan fingerprint density at radius 3 is 2.64 bits per heavy atom. The van der Waals surface area contributed by atoms with Crippen LogP contribution in [-0.2, 0) is 0 Å². The van der Waals surface area contributed by atoms with E-state index in [9.17, 15) is 0 Å². The second kappa shape index (κ2) is 8.98. The Bertz CT molecular complexity index is 569. The lowest BCUT2D eigenvalue weighted by atomic mass is 10.2. The van der Waals surface area contributed by atoms with Gasteiger partial charge in [-0.15, -0.1) is 0 Å². The van der Waals surface area contributed by atoms with Gasteiger partial charge >= 0.3 is 0 Å². The zero-order chi connectivity index (χ0) is 15.6. The molecule has 0 aliphatic rings. The molecule has 2 rings (SSSR count). The largest absolute Gasteiger partial charge is 0.494 e. The van der Waals surface area contributed by atoms with Gasteiger partial charge in [0.15, 0.2) is 0 Å². The molecule has 3 heteroatoms. The molecule has 0 aliphatic heterocycles. The number of hydrogen-bond acceptors (Lipinski definition) is 3. The van der Waals surface area contributed by atoms with Crippen molar-refractivity contribution in [1.29, 1.82) is 0 Å². The summed E-state index contributed by atoms with van der Waals surface area (Å²) in [5.74, 6) is 1.87. The van der Waals surface area contributed by atoms with Gasteiger partial charge in [-0.3, -0.25) is 0 Å². The van der Waals surface area contributed by atoms with Crippen LogP contribution >= 0.6 is 0 Å². The van der Waals surface area contributed by atoms with Gasteiger partial charge in [0.05, 0.1) is 18.9 Å². The molecule has 3 nitrogen and oxygen atoms in total. The molecule has 0 atom stereocenters. The first-order chi connectivity index (χ1) is 10.8. The van der Waals surface area contributed by atoms with Crippen LogP contribution in [-0.4, -0.2) is 19.8 Å². The van der Waals surface area contributed by atoms with Crippen LogP contribution in [0.1, 0.15) is 25.3 Å². The third kappa shape index (κ3) is 5.32. The number of ether oxygens (including phenoxy) is 2. The summed E-state index contributed by atoms with van der Waals surface area (Å²) in [5, 5.41) is 3.43. The van der Waals surface area contributed by atoms with Crippen LogP contribution in [0.25, 0.3) is 0 Å². The monoisotopic (exact) mass is 299 g/mol. The normalized spacial score (nSPS) is 10.3. The zero-order valence-corrected chi connectivity index (χ0v) is 13.5. The summed E-state index contributed by atoms with van der Waals surface area (Å²) in [6, 6.07) is 16.2. The number of aryl methyl sites for hydroxylation is 1. The Balaban J connectivity index is 1.65. The lowest BCUT2D eigenvalue weighted by molar-refractivity contribution is 0.308. The zero-order valence-electron chi connectivity index (χ0n) is 13.5. The molecule has 0 bridgehead atoms. The molecule has 118 valence electrons. The first kappa shape index (κ1) is 16.2. The number of rotatable bonds is 9. The number of unbranched alkanes of at least 4 members (excludes halogenated alkanes) is 1. The van der Waals surface area contributed by atoms with E-state index in [1.807, 2.05) is 43.3 Å². The molecule has 2 aromatic carbocycles. The van der Waals surface area contributed by atoms with Crippen molar-refractivity contribution in [3.8, 4) is 11.5 Å². The molecule has 0 radical (unpaired) electrons.